The van der Waals surface area contributed by atoms with Gasteiger partial charge in [0.2, 0.25) is 5.91 Å². The summed E-state index contributed by atoms with van der Waals surface area (Å²) in [4.78, 5) is 24.4. The number of rotatable bonds is 19. The maximum absolute atomic E-state index is 12.7. The van der Waals surface area contributed by atoms with E-state index in [4.69, 9.17) is 9.47 Å². The number of allylic oxidation sites excluding steroid dienone is 12. The minimum Gasteiger partial charge on any atom is -0.481 e. The van der Waals surface area contributed by atoms with Gasteiger partial charge in [-0.1, -0.05) is 93.7 Å². The Bertz CT molecular complexity index is 907. The van der Waals surface area contributed by atoms with E-state index in [1.165, 1.54) is 0 Å². The van der Waals surface area contributed by atoms with Crippen molar-refractivity contribution in [2.24, 2.45) is 11.3 Å². The normalized spacial score (nSPS) is 20.1. The molecule has 1 rings (SSSR count). The summed E-state index contributed by atoms with van der Waals surface area (Å²) >= 11 is 0. The molecule has 1 aliphatic heterocycles. The average Bonchev–Trinajstić information content (AvgIpc) is 2.90. The molecule has 0 saturated carbocycles. The lowest BCUT2D eigenvalue weighted by Crippen LogP contribution is -2.56. The third-order valence-electron chi connectivity index (χ3n) is 6.54. The third-order valence-corrected chi connectivity index (χ3v) is 6.54. The van der Waals surface area contributed by atoms with E-state index in [9.17, 15) is 14.7 Å². The standard InChI is InChI=1S/C34H53NO5/c1-6-7-8-9-10-11-12-13-14-15-16-17-18-19-20-21-22-23-25-29(32(37)38)26-24-27-35-31(36)30-33(2,3)28-39-34(4,5)40-30/h7-8,10-11,13-14,16-17,19-20,22-23,29-30H,6,9,12,15,18,21,24-28H2,1-5H3,(H,35,36)(H,37,38)/t29?,30-/m0/s1. The molecule has 1 aliphatic rings. The molecular formula is C34H53NO5. The molecule has 1 amide bonds. The van der Waals surface area contributed by atoms with E-state index in [0.717, 1.165) is 38.5 Å². The van der Waals surface area contributed by atoms with Gasteiger partial charge in [-0.3, -0.25) is 9.59 Å². The molecule has 1 heterocycles. The zero-order valence-electron chi connectivity index (χ0n) is 25.4. The number of hydrogen-bond acceptors (Lipinski definition) is 4. The van der Waals surface area contributed by atoms with E-state index in [-0.39, 0.29) is 5.91 Å². The molecule has 0 spiro atoms. The van der Waals surface area contributed by atoms with Crippen LogP contribution >= 0.6 is 0 Å². The summed E-state index contributed by atoms with van der Waals surface area (Å²) in [6.07, 6.45) is 32.3. The van der Waals surface area contributed by atoms with E-state index in [1.54, 1.807) is 13.8 Å². The van der Waals surface area contributed by atoms with Crippen molar-refractivity contribution in [3.8, 4) is 0 Å². The number of hydrogen-bond donors (Lipinski definition) is 2. The SMILES string of the molecule is CCC=CCC=CCC=CCC=CCC=CCC=CCC(CCCNC(=O)[C@@H]1OC(C)(C)OCC1(C)C)C(=O)O. The van der Waals surface area contributed by atoms with Crippen molar-refractivity contribution in [2.75, 3.05) is 13.2 Å². The summed E-state index contributed by atoms with van der Waals surface area (Å²) < 4.78 is 11.5. The van der Waals surface area contributed by atoms with Crippen molar-refractivity contribution in [3.05, 3.63) is 72.9 Å². The molecular weight excluding hydrogens is 502 g/mol. The zero-order chi connectivity index (χ0) is 29.7. The molecule has 2 N–H and O–H groups in total. The molecule has 0 aromatic carbocycles. The number of carboxylic acids is 1. The largest absolute Gasteiger partial charge is 0.481 e. The zero-order valence-corrected chi connectivity index (χ0v) is 25.4. The monoisotopic (exact) mass is 555 g/mol. The number of aliphatic carboxylic acids is 1. The average molecular weight is 556 g/mol. The molecule has 6 heteroatoms. The first-order valence-corrected chi connectivity index (χ1v) is 14.8. The molecule has 0 aromatic heterocycles. The van der Waals surface area contributed by atoms with E-state index >= 15 is 0 Å². The maximum atomic E-state index is 12.7. The summed E-state index contributed by atoms with van der Waals surface area (Å²) in [6, 6.07) is 0. The molecule has 1 saturated heterocycles. The first-order valence-electron chi connectivity index (χ1n) is 14.8. The predicted octanol–water partition coefficient (Wildman–Crippen LogP) is 7.85. The number of amides is 1. The van der Waals surface area contributed by atoms with Crippen molar-refractivity contribution in [1.29, 1.82) is 0 Å². The fourth-order valence-corrected chi connectivity index (χ4v) is 4.10. The van der Waals surface area contributed by atoms with Gasteiger partial charge in [-0.05, 0) is 71.6 Å². The van der Waals surface area contributed by atoms with Gasteiger partial charge in [-0.15, -0.1) is 0 Å². The van der Waals surface area contributed by atoms with Gasteiger partial charge < -0.3 is 19.9 Å². The summed E-state index contributed by atoms with van der Waals surface area (Å²) in [6.45, 7) is 10.5. The smallest absolute Gasteiger partial charge is 0.306 e. The Morgan fingerprint density at radius 2 is 1.30 bits per heavy atom. The number of carboxylic acid groups (broad SMARTS) is 1. The first kappa shape index (κ1) is 35.3. The van der Waals surface area contributed by atoms with Crippen LogP contribution in [0.3, 0.4) is 0 Å². The molecule has 0 radical (unpaired) electrons. The highest BCUT2D eigenvalue weighted by Gasteiger charge is 2.45. The minimum absolute atomic E-state index is 0.176. The Morgan fingerprint density at radius 1 is 0.825 bits per heavy atom. The van der Waals surface area contributed by atoms with Crippen LogP contribution < -0.4 is 5.32 Å². The second-order valence-electron chi connectivity index (χ2n) is 11.3. The molecule has 1 fully saturated rings. The predicted molar refractivity (Wildman–Crippen MR) is 165 cm³/mol. The van der Waals surface area contributed by atoms with E-state index < -0.39 is 29.2 Å². The van der Waals surface area contributed by atoms with Crippen LogP contribution in [0.1, 0.15) is 92.4 Å². The number of carbonyl (C=O) groups is 2. The topological polar surface area (TPSA) is 84.9 Å². The van der Waals surface area contributed by atoms with Crippen molar-refractivity contribution in [1.82, 2.24) is 5.32 Å². The van der Waals surface area contributed by atoms with Crippen LogP contribution in [-0.2, 0) is 19.1 Å². The highest BCUT2D eigenvalue weighted by molar-refractivity contribution is 5.81. The Labute approximate surface area is 243 Å². The molecule has 0 bridgehead atoms. The number of ether oxygens (including phenoxy) is 2. The Kier molecular flexibility index (Phi) is 17.9. The Morgan fingerprint density at radius 3 is 1.77 bits per heavy atom. The van der Waals surface area contributed by atoms with Crippen LogP contribution in [0.15, 0.2) is 72.9 Å². The highest BCUT2D eigenvalue weighted by Crippen LogP contribution is 2.34. The van der Waals surface area contributed by atoms with Crippen LogP contribution in [0, 0.1) is 11.3 Å². The van der Waals surface area contributed by atoms with Crippen molar-refractivity contribution < 1.29 is 24.2 Å². The van der Waals surface area contributed by atoms with Crippen molar-refractivity contribution in [2.45, 2.75) is 104 Å². The Balaban J connectivity index is 2.21. The van der Waals surface area contributed by atoms with Gasteiger partial charge in [0.15, 0.2) is 5.79 Å². The summed E-state index contributed by atoms with van der Waals surface area (Å²) in [5.74, 6) is -2.24. The van der Waals surface area contributed by atoms with Crippen LogP contribution in [-0.4, -0.2) is 42.0 Å². The molecule has 224 valence electrons. The second-order valence-corrected chi connectivity index (χ2v) is 11.3. The van der Waals surface area contributed by atoms with Crippen LogP contribution in [0.25, 0.3) is 0 Å². The lowest BCUT2D eigenvalue weighted by Gasteiger charge is -2.44. The highest BCUT2D eigenvalue weighted by atomic mass is 16.7. The minimum atomic E-state index is -0.804. The van der Waals surface area contributed by atoms with Gasteiger partial charge in [0.25, 0.3) is 0 Å². The molecule has 40 heavy (non-hydrogen) atoms. The van der Waals surface area contributed by atoms with Gasteiger partial charge in [-0.2, -0.15) is 0 Å². The third kappa shape index (κ3) is 16.4. The van der Waals surface area contributed by atoms with Gasteiger partial charge in [0.1, 0.15) is 6.10 Å². The van der Waals surface area contributed by atoms with E-state index in [1.807, 2.05) is 26.0 Å². The summed E-state index contributed by atoms with van der Waals surface area (Å²) in [5.41, 5.74) is -0.431. The first-order chi connectivity index (χ1) is 19.1. The molecule has 1 unspecified atom stereocenters. The van der Waals surface area contributed by atoms with Crippen LogP contribution in [0.5, 0.6) is 0 Å². The van der Waals surface area contributed by atoms with E-state index in [2.05, 4.69) is 73.0 Å². The fourth-order valence-electron chi connectivity index (χ4n) is 4.10. The van der Waals surface area contributed by atoms with Crippen molar-refractivity contribution >= 4 is 11.9 Å². The fraction of sp³-hybridized carbons (Fsp3) is 0.588. The van der Waals surface area contributed by atoms with Crippen LogP contribution in [0.2, 0.25) is 0 Å². The lowest BCUT2D eigenvalue weighted by molar-refractivity contribution is -0.304. The van der Waals surface area contributed by atoms with Gasteiger partial charge in [0, 0.05) is 12.0 Å². The van der Waals surface area contributed by atoms with Gasteiger partial charge in [0.05, 0.1) is 12.5 Å². The van der Waals surface area contributed by atoms with Gasteiger partial charge >= 0.3 is 5.97 Å². The molecule has 0 aromatic rings. The maximum Gasteiger partial charge on any atom is 0.306 e. The molecule has 0 aliphatic carbocycles. The molecule has 6 nitrogen and oxygen atoms in total. The van der Waals surface area contributed by atoms with Crippen LogP contribution in [0.4, 0.5) is 0 Å². The quantitative estimate of drug-likeness (QED) is 0.125. The van der Waals surface area contributed by atoms with E-state index in [0.29, 0.717) is 32.4 Å². The van der Waals surface area contributed by atoms with Gasteiger partial charge in [-0.25, -0.2) is 0 Å². The summed E-state index contributed by atoms with van der Waals surface area (Å²) in [7, 11) is 0. The second kappa shape index (κ2) is 20.2. The lowest BCUT2D eigenvalue weighted by atomic mass is 9.85. The number of nitrogens with one attached hydrogen (secondary N) is 1. The van der Waals surface area contributed by atoms with Crippen molar-refractivity contribution in [3.63, 3.8) is 0 Å². The molecule has 2 atom stereocenters. The number of carbonyl (C=O) groups excluding carboxylic acids is 1. The summed E-state index contributed by atoms with van der Waals surface area (Å²) in [5, 5.41) is 12.5. The Hall–Kier alpha value is -2.70.